The van der Waals surface area contributed by atoms with Crippen LogP contribution in [0.2, 0.25) is 10.0 Å². The second-order valence-corrected chi connectivity index (χ2v) is 9.03. The van der Waals surface area contributed by atoms with Crippen molar-refractivity contribution in [1.29, 1.82) is 0 Å². The normalized spacial score (nSPS) is 14.7. The van der Waals surface area contributed by atoms with Gasteiger partial charge in [-0.15, -0.1) is 0 Å². The van der Waals surface area contributed by atoms with Gasteiger partial charge in [-0.05, 0) is 54.5 Å². The Morgan fingerprint density at radius 1 is 1.06 bits per heavy atom. The number of ether oxygens (including phenoxy) is 1. The van der Waals surface area contributed by atoms with Gasteiger partial charge in [0.25, 0.3) is 5.91 Å². The van der Waals surface area contributed by atoms with Gasteiger partial charge in [0.1, 0.15) is 17.3 Å². The third-order valence-electron chi connectivity index (χ3n) is 4.84. The van der Waals surface area contributed by atoms with E-state index in [9.17, 15) is 9.18 Å². The number of para-hydroxylation sites is 2. The molecule has 8 heteroatoms. The lowest BCUT2D eigenvalue weighted by atomic mass is 10.2. The number of carbonyl (C=O) groups is 1. The zero-order valence-electron chi connectivity index (χ0n) is 17.6. The number of halogens is 3. The van der Waals surface area contributed by atoms with E-state index in [0.717, 1.165) is 11.3 Å². The second kappa shape index (κ2) is 10.4. The monoisotopic (exact) mass is 500 g/mol. The van der Waals surface area contributed by atoms with Crippen LogP contribution in [-0.4, -0.2) is 23.4 Å². The molecule has 3 aromatic carbocycles. The van der Waals surface area contributed by atoms with Gasteiger partial charge in [0.2, 0.25) is 0 Å². The number of amidine groups is 1. The highest BCUT2D eigenvalue weighted by Crippen LogP contribution is 2.32. The predicted molar refractivity (Wildman–Crippen MR) is 135 cm³/mol. The maximum atomic E-state index is 14.6. The topological polar surface area (TPSA) is 41.9 Å². The highest BCUT2D eigenvalue weighted by atomic mass is 35.5. The number of hydrogen-bond acceptors (Lipinski definition) is 4. The van der Waals surface area contributed by atoms with E-state index >= 15 is 0 Å². The lowest BCUT2D eigenvalue weighted by Crippen LogP contribution is -2.31. The zero-order chi connectivity index (χ0) is 23.4. The minimum atomic E-state index is -0.508. The Morgan fingerprint density at radius 3 is 2.58 bits per heavy atom. The van der Waals surface area contributed by atoms with E-state index in [1.807, 2.05) is 31.2 Å². The van der Waals surface area contributed by atoms with Crippen molar-refractivity contribution in [3.63, 3.8) is 0 Å². The van der Waals surface area contributed by atoms with E-state index in [1.54, 1.807) is 42.5 Å². The number of nitrogens with zero attached hydrogens (tertiary/aromatic N) is 2. The van der Waals surface area contributed by atoms with Crippen LogP contribution >= 0.6 is 35.0 Å². The number of hydrogen-bond donors (Lipinski definition) is 0. The van der Waals surface area contributed by atoms with Crippen LogP contribution in [0.25, 0.3) is 6.08 Å². The highest BCUT2D eigenvalue weighted by Gasteiger charge is 2.33. The Labute approximate surface area is 205 Å². The minimum absolute atomic E-state index is 0.145. The predicted octanol–water partition coefficient (Wildman–Crippen LogP) is 7.00. The lowest BCUT2D eigenvalue weighted by molar-refractivity contribution is -0.113. The van der Waals surface area contributed by atoms with Crippen molar-refractivity contribution in [2.45, 2.75) is 6.92 Å². The molecule has 1 aliphatic heterocycles. The van der Waals surface area contributed by atoms with E-state index in [1.165, 1.54) is 22.7 Å². The number of aliphatic imine (C=N–C) groups is 1. The Kier molecular flexibility index (Phi) is 7.38. The summed E-state index contributed by atoms with van der Waals surface area (Å²) < 4.78 is 20.4. The van der Waals surface area contributed by atoms with Crippen molar-refractivity contribution in [1.82, 2.24) is 0 Å². The van der Waals surface area contributed by atoms with Crippen LogP contribution in [0.15, 0.2) is 77.4 Å². The molecule has 1 amide bonds. The van der Waals surface area contributed by atoms with Crippen LogP contribution in [0.5, 0.6) is 5.75 Å². The molecule has 0 saturated heterocycles. The van der Waals surface area contributed by atoms with Crippen LogP contribution in [0, 0.1) is 12.7 Å². The molecule has 0 saturated carbocycles. The number of rotatable bonds is 6. The molecule has 3 aromatic rings. The Morgan fingerprint density at radius 2 is 1.82 bits per heavy atom. The summed E-state index contributed by atoms with van der Waals surface area (Å²) in [7, 11) is 0. The summed E-state index contributed by atoms with van der Waals surface area (Å²) in [6.45, 7) is 2.38. The average Bonchev–Trinajstić information content (AvgIpc) is 3.10. The molecule has 0 N–H and O–H groups in total. The van der Waals surface area contributed by atoms with Crippen molar-refractivity contribution in [3.8, 4) is 5.75 Å². The van der Waals surface area contributed by atoms with E-state index in [4.69, 9.17) is 27.9 Å². The first-order valence-corrected chi connectivity index (χ1v) is 11.8. The third kappa shape index (κ3) is 5.41. The number of carbonyl (C=O) groups excluding carboxylic acids is 1. The summed E-state index contributed by atoms with van der Waals surface area (Å²) in [6.07, 6.45) is 1.61. The summed E-state index contributed by atoms with van der Waals surface area (Å²) in [4.78, 5) is 19.0. The largest absolute Gasteiger partial charge is 0.492 e. The fraction of sp³-hybridized carbons (Fsp3) is 0.120. The highest BCUT2D eigenvalue weighted by molar-refractivity contribution is 8.14. The molecule has 0 atom stereocenters. The molecule has 0 aromatic heterocycles. The molecule has 0 aliphatic carbocycles. The molecular weight excluding hydrogens is 482 g/mol. The van der Waals surface area contributed by atoms with Crippen molar-refractivity contribution in [2.75, 3.05) is 17.3 Å². The number of benzene rings is 3. The van der Waals surface area contributed by atoms with Crippen LogP contribution in [0.1, 0.15) is 11.1 Å². The summed E-state index contributed by atoms with van der Waals surface area (Å²) in [5.41, 5.74) is 2.03. The van der Waals surface area contributed by atoms with Crippen molar-refractivity contribution >= 4 is 57.8 Å². The second-order valence-electron chi connectivity index (χ2n) is 7.15. The first kappa shape index (κ1) is 23.4. The van der Waals surface area contributed by atoms with Crippen molar-refractivity contribution in [2.24, 2.45) is 4.99 Å². The van der Waals surface area contributed by atoms with Gasteiger partial charge in [0, 0.05) is 5.75 Å². The quantitative estimate of drug-likeness (QED) is 0.270. The molecule has 4 rings (SSSR count). The van der Waals surface area contributed by atoms with Gasteiger partial charge in [-0.2, -0.15) is 0 Å². The van der Waals surface area contributed by atoms with Gasteiger partial charge >= 0.3 is 0 Å². The van der Waals surface area contributed by atoms with E-state index in [2.05, 4.69) is 4.99 Å². The fourth-order valence-electron chi connectivity index (χ4n) is 3.20. The molecule has 1 aliphatic rings. The van der Waals surface area contributed by atoms with E-state index < -0.39 is 11.7 Å². The average molecular weight is 501 g/mol. The van der Waals surface area contributed by atoms with Crippen LogP contribution in [0.3, 0.4) is 0 Å². The van der Waals surface area contributed by atoms with Gasteiger partial charge < -0.3 is 4.74 Å². The molecule has 0 fully saturated rings. The van der Waals surface area contributed by atoms with Crippen LogP contribution < -0.4 is 9.64 Å². The first-order valence-electron chi connectivity index (χ1n) is 10.1. The Balaban J connectivity index is 1.57. The Hall–Kier alpha value is -2.80. The Bertz CT molecular complexity index is 1260. The third-order valence-corrected chi connectivity index (χ3v) is 6.48. The van der Waals surface area contributed by atoms with Gasteiger partial charge in [0.05, 0.1) is 22.3 Å². The first-order chi connectivity index (χ1) is 15.9. The van der Waals surface area contributed by atoms with Gasteiger partial charge in [0.15, 0.2) is 5.17 Å². The van der Waals surface area contributed by atoms with E-state index in [0.29, 0.717) is 33.1 Å². The maximum absolute atomic E-state index is 14.6. The van der Waals surface area contributed by atoms with Gasteiger partial charge in [-0.25, -0.2) is 9.38 Å². The summed E-state index contributed by atoms with van der Waals surface area (Å²) >= 11 is 13.4. The smallest absolute Gasteiger partial charge is 0.283 e. The molecule has 0 spiro atoms. The molecule has 0 radical (unpaired) electrons. The lowest BCUT2D eigenvalue weighted by Gasteiger charge is -2.18. The van der Waals surface area contributed by atoms with Crippen molar-refractivity contribution in [3.05, 3.63) is 99.4 Å². The van der Waals surface area contributed by atoms with E-state index in [-0.39, 0.29) is 11.4 Å². The molecule has 0 unspecified atom stereocenters. The van der Waals surface area contributed by atoms with Crippen molar-refractivity contribution < 1.29 is 13.9 Å². The fourth-order valence-corrected chi connectivity index (χ4v) is 4.33. The zero-order valence-corrected chi connectivity index (χ0v) is 19.9. The van der Waals surface area contributed by atoms with Crippen LogP contribution in [0.4, 0.5) is 10.1 Å². The van der Waals surface area contributed by atoms with Crippen LogP contribution in [-0.2, 0) is 4.79 Å². The summed E-state index contributed by atoms with van der Waals surface area (Å²) in [5.74, 6) is 0.388. The standard InChI is InChI=1S/C25H19Cl2FN2O2S/c1-16-6-2-5-9-23(16)32-12-13-33-25-29-21(15-17-10-11-18(26)19(27)14-17)24(31)30(25)22-8-4-3-7-20(22)28/h2-11,14-15H,12-13H2,1H3/b21-15-. The number of amides is 1. The number of thioether (sulfide) groups is 1. The molecular formula is C25H19Cl2FN2O2S. The summed E-state index contributed by atoms with van der Waals surface area (Å²) in [6, 6.07) is 18.9. The molecule has 0 bridgehead atoms. The van der Waals surface area contributed by atoms with Gasteiger partial charge in [-0.1, -0.05) is 71.4 Å². The maximum Gasteiger partial charge on any atom is 0.283 e. The molecule has 168 valence electrons. The SMILES string of the molecule is Cc1ccccc1OCCSC1=N/C(=C\c2ccc(Cl)c(Cl)c2)C(=O)N1c1ccccc1F. The minimum Gasteiger partial charge on any atom is -0.492 e. The summed E-state index contributed by atoms with van der Waals surface area (Å²) in [5, 5.41) is 1.16. The molecule has 33 heavy (non-hydrogen) atoms. The molecule has 1 heterocycles. The van der Waals surface area contributed by atoms with Gasteiger partial charge in [-0.3, -0.25) is 9.69 Å². The number of anilines is 1. The molecule has 4 nitrogen and oxygen atoms in total. The number of aryl methyl sites for hydroxylation is 1.